The molecule has 0 radical (unpaired) electrons. The number of nitriles is 2. The number of anilines is 6. The van der Waals surface area contributed by atoms with Gasteiger partial charge in [-0.25, -0.2) is 0 Å². The smallest absolute Gasteiger partial charge is 0.101 e. The second kappa shape index (κ2) is 18.8. The summed E-state index contributed by atoms with van der Waals surface area (Å²) in [5.41, 5.74) is 20.2. The molecule has 0 spiro atoms. The first-order chi connectivity index (χ1) is 36.3. The van der Waals surface area contributed by atoms with Crippen LogP contribution in [0.1, 0.15) is 33.4 Å². The molecule has 0 bridgehead atoms. The van der Waals surface area contributed by atoms with Crippen molar-refractivity contribution in [2.75, 3.05) is 9.80 Å². The molecule has 0 aliphatic carbocycles. The summed E-state index contributed by atoms with van der Waals surface area (Å²) in [6.45, 7) is 8.66. The molecule has 0 saturated carbocycles. The molecule has 12 aromatic carbocycles. The van der Waals surface area contributed by atoms with Crippen LogP contribution in [-0.4, -0.2) is 0 Å². The average molecular weight is 947 g/mol. The molecule has 0 heterocycles. The number of para-hydroxylation sites is 2. The Morgan fingerprint density at radius 1 is 0.297 bits per heavy atom. The Bertz CT molecular complexity index is 3840. The molecule has 0 aliphatic heterocycles. The minimum absolute atomic E-state index is 0.573. The molecule has 0 aromatic heterocycles. The SMILES string of the molecule is Cc1ccccc1-c1cc(-c2ccccc2C)cc(N(c2ccccc2C#N)c2ccc3ccc4c(N(c5cc(-c6ccccc6C)cc(-c6ccccc6C)c5)c5ccccc5C#N)ccc5ccc2c3c54)c1. The number of benzene rings is 12. The lowest BCUT2D eigenvalue weighted by molar-refractivity contribution is 1.28. The minimum Gasteiger partial charge on any atom is -0.308 e. The van der Waals surface area contributed by atoms with Crippen LogP contribution in [0, 0.1) is 50.4 Å². The van der Waals surface area contributed by atoms with Crippen LogP contribution in [0.3, 0.4) is 0 Å². The predicted octanol–water partition coefficient (Wildman–Crippen LogP) is 19.2. The van der Waals surface area contributed by atoms with Gasteiger partial charge in [-0.15, -0.1) is 0 Å². The molecule has 0 saturated heterocycles. The van der Waals surface area contributed by atoms with Crippen LogP contribution in [0.5, 0.6) is 0 Å². The molecule has 12 aromatic rings. The monoisotopic (exact) mass is 946 g/mol. The highest BCUT2D eigenvalue weighted by molar-refractivity contribution is 6.28. The third-order valence-electron chi connectivity index (χ3n) is 14.8. The Morgan fingerprint density at radius 2 is 0.595 bits per heavy atom. The normalized spacial score (nSPS) is 11.2. The molecule has 0 N–H and O–H groups in total. The highest BCUT2D eigenvalue weighted by atomic mass is 15.2. The standard InChI is InChI=1S/C70H50N4/c1-45-17-5-11-23-59(45)53-37-54(60-24-12-6-18-46(60)2)40-57(39-53)73(65-27-15-9-21-51(65)43-71)67-35-31-49-30-34-64-68(36-32-50-29-33-63(67)69(49)70(50)64)74(66-28-16-10-22-52(66)44-72)58-41-55(61-25-13-7-19-47(61)3)38-56(42-58)62-26-14-8-20-48(62)4/h5-42H,1-4H3. The summed E-state index contributed by atoms with van der Waals surface area (Å²) in [5.74, 6) is 0. The first-order valence-corrected chi connectivity index (χ1v) is 25.1. The molecular weight excluding hydrogens is 897 g/mol. The van der Waals surface area contributed by atoms with Crippen LogP contribution in [0.15, 0.2) is 231 Å². The zero-order chi connectivity index (χ0) is 50.5. The summed E-state index contributed by atoms with van der Waals surface area (Å²) >= 11 is 0. The minimum atomic E-state index is 0.573. The summed E-state index contributed by atoms with van der Waals surface area (Å²) < 4.78 is 0. The van der Waals surface area contributed by atoms with Gasteiger partial charge in [0.05, 0.1) is 33.9 Å². The lowest BCUT2D eigenvalue weighted by atomic mass is 9.90. The van der Waals surface area contributed by atoms with Crippen LogP contribution in [0.25, 0.3) is 76.8 Å². The fourth-order valence-corrected chi connectivity index (χ4v) is 11.2. The number of hydrogen-bond donors (Lipinski definition) is 0. The molecule has 0 amide bonds. The van der Waals surface area contributed by atoms with Gasteiger partial charge in [0.15, 0.2) is 0 Å². The largest absolute Gasteiger partial charge is 0.308 e. The van der Waals surface area contributed by atoms with E-state index in [-0.39, 0.29) is 0 Å². The van der Waals surface area contributed by atoms with E-state index >= 15 is 0 Å². The summed E-state index contributed by atoms with van der Waals surface area (Å²) in [4.78, 5) is 4.57. The molecule has 74 heavy (non-hydrogen) atoms. The van der Waals surface area contributed by atoms with E-state index in [1.54, 1.807) is 0 Å². The summed E-state index contributed by atoms with van der Waals surface area (Å²) in [6.07, 6.45) is 0. The predicted molar refractivity (Wildman–Crippen MR) is 310 cm³/mol. The van der Waals surface area contributed by atoms with Gasteiger partial charge in [0.25, 0.3) is 0 Å². The van der Waals surface area contributed by atoms with E-state index in [9.17, 15) is 10.5 Å². The maximum Gasteiger partial charge on any atom is 0.101 e. The highest BCUT2D eigenvalue weighted by Crippen LogP contribution is 2.50. The van der Waals surface area contributed by atoms with Crippen molar-refractivity contribution in [3.05, 3.63) is 264 Å². The summed E-state index contributed by atoms with van der Waals surface area (Å²) in [7, 11) is 0. The van der Waals surface area contributed by atoms with E-state index in [2.05, 4.69) is 244 Å². The van der Waals surface area contributed by atoms with Crippen molar-refractivity contribution in [2.24, 2.45) is 0 Å². The average Bonchev–Trinajstić information content (AvgIpc) is 3.44. The van der Waals surface area contributed by atoms with Crippen molar-refractivity contribution in [3.63, 3.8) is 0 Å². The lowest BCUT2D eigenvalue weighted by Gasteiger charge is -2.31. The summed E-state index contributed by atoms with van der Waals surface area (Å²) in [5, 5.41) is 28.2. The van der Waals surface area contributed by atoms with E-state index in [1.165, 1.54) is 22.3 Å². The number of nitrogens with zero attached hydrogens (tertiary/aromatic N) is 4. The first-order valence-electron chi connectivity index (χ1n) is 25.1. The third-order valence-corrected chi connectivity index (χ3v) is 14.8. The van der Waals surface area contributed by atoms with Crippen molar-refractivity contribution in [1.82, 2.24) is 0 Å². The van der Waals surface area contributed by atoms with Gasteiger partial charge in [0.2, 0.25) is 0 Å². The second-order valence-corrected chi connectivity index (χ2v) is 19.3. The van der Waals surface area contributed by atoms with Gasteiger partial charge in [0, 0.05) is 22.1 Å². The Kier molecular flexibility index (Phi) is 11.5. The Hall–Kier alpha value is -9.74. The molecule has 0 fully saturated rings. The third kappa shape index (κ3) is 7.87. The van der Waals surface area contributed by atoms with Crippen LogP contribution in [0.2, 0.25) is 0 Å². The fraction of sp³-hybridized carbons (Fsp3) is 0.0571. The van der Waals surface area contributed by atoms with E-state index in [0.29, 0.717) is 11.1 Å². The van der Waals surface area contributed by atoms with Crippen molar-refractivity contribution < 1.29 is 0 Å². The lowest BCUT2D eigenvalue weighted by Crippen LogP contribution is -2.13. The molecule has 0 atom stereocenters. The van der Waals surface area contributed by atoms with Crippen LogP contribution >= 0.6 is 0 Å². The molecule has 4 nitrogen and oxygen atoms in total. The zero-order valence-electron chi connectivity index (χ0n) is 41.7. The van der Waals surface area contributed by atoms with E-state index < -0.39 is 0 Å². The topological polar surface area (TPSA) is 54.1 Å². The Morgan fingerprint density at radius 3 is 0.919 bits per heavy atom. The fourth-order valence-electron chi connectivity index (χ4n) is 11.2. The zero-order valence-corrected chi connectivity index (χ0v) is 41.7. The van der Waals surface area contributed by atoms with Gasteiger partial charge in [-0.1, -0.05) is 158 Å². The van der Waals surface area contributed by atoms with Crippen molar-refractivity contribution in [2.45, 2.75) is 27.7 Å². The number of aryl methyl sites for hydroxylation is 4. The maximum atomic E-state index is 10.8. The summed E-state index contributed by atoms with van der Waals surface area (Å²) in [6, 6.07) is 86.6. The van der Waals surface area contributed by atoms with Crippen molar-refractivity contribution in [1.29, 1.82) is 10.5 Å². The first kappa shape index (κ1) is 45.4. The van der Waals surface area contributed by atoms with Gasteiger partial charge in [-0.05, 0) is 189 Å². The van der Waals surface area contributed by atoms with E-state index in [0.717, 1.165) is 111 Å². The number of rotatable bonds is 10. The Balaban J connectivity index is 1.14. The molecule has 4 heteroatoms. The maximum absolute atomic E-state index is 10.8. The highest BCUT2D eigenvalue weighted by Gasteiger charge is 2.26. The molecule has 0 aliphatic rings. The Labute approximate surface area is 432 Å². The molecule has 0 unspecified atom stereocenters. The van der Waals surface area contributed by atoms with Crippen molar-refractivity contribution in [3.8, 4) is 56.6 Å². The van der Waals surface area contributed by atoms with E-state index in [1.807, 2.05) is 36.4 Å². The van der Waals surface area contributed by atoms with Gasteiger partial charge in [-0.2, -0.15) is 10.5 Å². The van der Waals surface area contributed by atoms with Gasteiger partial charge >= 0.3 is 0 Å². The van der Waals surface area contributed by atoms with Crippen molar-refractivity contribution >= 4 is 66.4 Å². The van der Waals surface area contributed by atoms with Gasteiger partial charge in [0.1, 0.15) is 12.1 Å². The quantitative estimate of drug-likeness (QED) is 0.128. The van der Waals surface area contributed by atoms with Gasteiger partial charge in [-0.3, -0.25) is 0 Å². The second-order valence-electron chi connectivity index (χ2n) is 19.3. The van der Waals surface area contributed by atoms with Crippen LogP contribution in [0.4, 0.5) is 34.1 Å². The molecule has 350 valence electrons. The van der Waals surface area contributed by atoms with Gasteiger partial charge < -0.3 is 9.80 Å². The molecule has 12 rings (SSSR count). The number of hydrogen-bond acceptors (Lipinski definition) is 4. The van der Waals surface area contributed by atoms with Crippen LogP contribution in [-0.2, 0) is 0 Å². The van der Waals surface area contributed by atoms with E-state index in [4.69, 9.17) is 0 Å². The van der Waals surface area contributed by atoms with Crippen LogP contribution < -0.4 is 9.80 Å². The molecular formula is C70H50N4.